The molecule has 1 aliphatic rings. The highest BCUT2D eigenvalue weighted by Crippen LogP contribution is 2.23. The van der Waals surface area contributed by atoms with E-state index in [2.05, 4.69) is 10.0 Å². The monoisotopic (exact) mass is 425 g/mol. The van der Waals surface area contributed by atoms with E-state index in [0.29, 0.717) is 0 Å². The van der Waals surface area contributed by atoms with E-state index in [1.54, 1.807) is 26.0 Å². The molecule has 3 amide bonds. The van der Waals surface area contributed by atoms with E-state index in [-0.39, 0.29) is 10.9 Å². The summed E-state index contributed by atoms with van der Waals surface area (Å²) in [5.41, 5.74) is 2.16. The van der Waals surface area contributed by atoms with Crippen molar-refractivity contribution in [1.29, 1.82) is 0 Å². The highest BCUT2D eigenvalue weighted by Gasteiger charge is 2.23. The fourth-order valence-electron chi connectivity index (χ4n) is 2.92. The number of ether oxygens (including phenoxy) is 1. The maximum Gasteiger partial charge on any atom is 0.321 e. The minimum atomic E-state index is -3.89. The molecule has 1 atom stereocenters. The van der Waals surface area contributed by atoms with Crippen molar-refractivity contribution in [2.45, 2.75) is 63.5 Å². The zero-order valence-corrected chi connectivity index (χ0v) is 17.6. The van der Waals surface area contributed by atoms with Crippen molar-refractivity contribution in [1.82, 2.24) is 15.4 Å². The largest absolute Gasteiger partial charge is 0.452 e. The van der Waals surface area contributed by atoms with Crippen molar-refractivity contribution in [3.63, 3.8) is 0 Å². The second-order valence-corrected chi connectivity index (χ2v) is 8.98. The summed E-state index contributed by atoms with van der Waals surface area (Å²) < 4.78 is 31.9. The first kappa shape index (κ1) is 22.8. The standard InChI is InChI=1S/C19H27N3O6S/c1-12(2)21-19(25)22-18(24)13(3)28-17(23)11-20-29(26,27)16-9-8-14-6-4-5-7-15(14)10-16/h8-10,12-13,20H,4-7,11H2,1-3H3,(H2,21,22,24,25)/t13-/m0/s1. The van der Waals surface area contributed by atoms with Crippen LogP contribution in [-0.2, 0) is 37.2 Å². The summed E-state index contributed by atoms with van der Waals surface area (Å²) in [5.74, 6) is -1.74. The van der Waals surface area contributed by atoms with Gasteiger partial charge in [-0.3, -0.25) is 14.9 Å². The SMILES string of the molecule is CC(C)NC(=O)NC(=O)[C@H](C)OC(=O)CNS(=O)(=O)c1ccc2c(c1)CCCC2. The zero-order chi connectivity index (χ0) is 21.6. The van der Waals surface area contributed by atoms with Gasteiger partial charge in [0.1, 0.15) is 6.54 Å². The van der Waals surface area contributed by atoms with Crippen LogP contribution >= 0.6 is 0 Å². The summed E-state index contributed by atoms with van der Waals surface area (Å²) in [5, 5.41) is 4.50. The smallest absolute Gasteiger partial charge is 0.321 e. The molecule has 0 saturated carbocycles. The van der Waals surface area contributed by atoms with Gasteiger partial charge in [0.05, 0.1) is 4.90 Å². The number of carbonyl (C=O) groups is 3. The number of hydrogen-bond donors (Lipinski definition) is 3. The quantitative estimate of drug-likeness (QED) is 0.559. The Kier molecular flexibility index (Phi) is 7.74. The molecule has 0 spiro atoms. The van der Waals surface area contributed by atoms with Crippen LogP contribution in [0.3, 0.4) is 0 Å². The highest BCUT2D eigenvalue weighted by atomic mass is 32.2. The molecule has 29 heavy (non-hydrogen) atoms. The summed E-state index contributed by atoms with van der Waals surface area (Å²) in [6.45, 7) is 4.10. The van der Waals surface area contributed by atoms with Gasteiger partial charge in [0.2, 0.25) is 10.0 Å². The number of carbonyl (C=O) groups excluding carboxylic acids is 3. The lowest BCUT2D eigenvalue weighted by Gasteiger charge is -2.17. The van der Waals surface area contributed by atoms with Crippen molar-refractivity contribution >= 4 is 27.9 Å². The first-order valence-corrected chi connectivity index (χ1v) is 11.0. The third kappa shape index (κ3) is 6.82. The molecule has 0 aromatic heterocycles. The van der Waals surface area contributed by atoms with Crippen molar-refractivity contribution in [2.75, 3.05) is 6.54 Å². The third-order valence-electron chi connectivity index (χ3n) is 4.37. The lowest BCUT2D eigenvalue weighted by atomic mass is 9.92. The van der Waals surface area contributed by atoms with E-state index in [4.69, 9.17) is 4.74 Å². The van der Waals surface area contributed by atoms with E-state index in [1.165, 1.54) is 13.0 Å². The van der Waals surface area contributed by atoms with Gasteiger partial charge in [-0.05, 0) is 69.7 Å². The Morgan fingerprint density at radius 3 is 2.38 bits per heavy atom. The Morgan fingerprint density at radius 2 is 1.72 bits per heavy atom. The Balaban J connectivity index is 1.87. The Hall–Kier alpha value is -2.46. The molecule has 0 aliphatic heterocycles. The van der Waals surface area contributed by atoms with E-state index in [0.717, 1.165) is 36.8 Å². The summed E-state index contributed by atoms with van der Waals surface area (Å²) in [6.07, 6.45) is 2.62. The van der Waals surface area contributed by atoms with Gasteiger partial charge in [-0.25, -0.2) is 13.2 Å². The van der Waals surface area contributed by atoms with Gasteiger partial charge in [-0.2, -0.15) is 4.72 Å². The molecule has 10 heteroatoms. The molecule has 0 radical (unpaired) electrons. The number of nitrogens with one attached hydrogen (secondary N) is 3. The minimum absolute atomic E-state index is 0.0853. The van der Waals surface area contributed by atoms with Crippen LogP contribution < -0.4 is 15.4 Å². The molecular weight excluding hydrogens is 398 g/mol. The molecule has 3 N–H and O–H groups in total. The molecule has 1 aliphatic carbocycles. The molecule has 0 fully saturated rings. The molecule has 0 unspecified atom stereocenters. The van der Waals surface area contributed by atoms with Crippen molar-refractivity contribution in [2.24, 2.45) is 0 Å². The van der Waals surface area contributed by atoms with Crippen LogP contribution in [0.5, 0.6) is 0 Å². The number of benzene rings is 1. The van der Waals surface area contributed by atoms with Crippen molar-refractivity contribution in [3.05, 3.63) is 29.3 Å². The number of hydrogen-bond acceptors (Lipinski definition) is 6. The zero-order valence-electron chi connectivity index (χ0n) is 16.8. The maximum absolute atomic E-state index is 12.4. The number of aryl methyl sites for hydroxylation is 2. The molecule has 160 valence electrons. The van der Waals surface area contributed by atoms with Crippen LogP contribution in [0, 0.1) is 0 Å². The number of rotatable bonds is 7. The summed E-state index contributed by atoms with van der Waals surface area (Å²) >= 11 is 0. The minimum Gasteiger partial charge on any atom is -0.452 e. The lowest BCUT2D eigenvalue weighted by Crippen LogP contribution is -2.47. The first-order valence-electron chi connectivity index (χ1n) is 9.51. The number of urea groups is 1. The average Bonchev–Trinajstić information content (AvgIpc) is 2.65. The van der Waals surface area contributed by atoms with Gasteiger partial charge in [0.25, 0.3) is 5.91 Å². The van der Waals surface area contributed by atoms with Crippen LogP contribution in [0.25, 0.3) is 0 Å². The average molecular weight is 426 g/mol. The van der Waals surface area contributed by atoms with Crippen LogP contribution in [0.15, 0.2) is 23.1 Å². The number of sulfonamides is 1. The van der Waals surface area contributed by atoms with Gasteiger partial charge in [0, 0.05) is 6.04 Å². The number of amides is 3. The summed E-state index contributed by atoms with van der Waals surface area (Å²) in [4.78, 5) is 35.3. The fraction of sp³-hybridized carbons (Fsp3) is 0.526. The number of fused-ring (bicyclic) bond motifs is 1. The molecular formula is C19H27N3O6S. The van der Waals surface area contributed by atoms with Crippen LogP contribution in [0.2, 0.25) is 0 Å². The molecule has 1 aromatic rings. The predicted molar refractivity (Wildman–Crippen MR) is 106 cm³/mol. The molecule has 1 aromatic carbocycles. The number of imide groups is 1. The summed E-state index contributed by atoms with van der Waals surface area (Å²) in [6, 6.07) is 4.07. The molecule has 0 saturated heterocycles. The second-order valence-electron chi connectivity index (χ2n) is 7.21. The van der Waals surface area contributed by atoms with E-state index < -0.39 is 40.6 Å². The van der Waals surface area contributed by atoms with Crippen molar-refractivity contribution < 1.29 is 27.5 Å². The van der Waals surface area contributed by atoms with E-state index in [1.807, 2.05) is 5.32 Å². The topological polar surface area (TPSA) is 131 Å². The van der Waals surface area contributed by atoms with Crippen molar-refractivity contribution in [3.8, 4) is 0 Å². The van der Waals surface area contributed by atoms with Gasteiger partial charge in [-0.1, -0.05) is 6.07 Å². The normalized spacial score (nSPS) is 14.6. The highest BCUT2D eigenvalue weighted by molar-refractivity contribution is 7.89. The second kappa shape index (κ2) is 9.84. The molecule has 9 nitrogen and oxygen atoms in total. The molecule has 0 heterocycles. The van der Waals surface area contributed by atoms with Gasteiger partial charge < -0.3 is 10.1 Å². The first-order chi connectivity index (χ1) is 13.6. The predicted octanol–water partition coefficient (Wildman–Crippen LogP) is 1.01. The van der Waals surface area contributed by atoms with Crippen LogP contribution in [0.4, 0.5) is 4.79 Å². The van der Waals surface area contributed by atoms with Gasteiger partial charge >= 0.3 is 12.0 Å². The fourth-order valence-corrected chi connectivity index (χ4v) is 3.94. The Morgan fingerprint density at radius 1 is 1.07 bits per heavy atom. The lowest BCUT2D eigenvalue weighted by molar-refractivity contribution is -0.153. The van der Waals surface area contributed by atoms with E-state index in [9.17, 15) is 22.8 Å². The van der Waals surface area contributed by atoms with Crippen LogP contribution in [0.1, 0.15) is 44.7 Å². The van der Waals surface area contributed by atoms with E-state index >= 15 is 0 Å². The van der Waals surface area contributed by atoms with Gasteiger partial charge in [0.15, 0.2) is 6.10 Å². The molecule has 0 bridgehead atoms. The maximum atomic E-state index is 12.4. The Labute approximate surface area is 170 Å². The van der Waals surface area contributed by atoms with Gasteiger partial charge in [-0.15, -0.1) is 0 Å². The Bertz CT molecular complexity index is 882. The summed E-state index contributed by atoms with van der Waals surface area (Å²) in [7, 11) is -3.89. The molecule has 2 rings (SSSR count). The van der Waals surface area contributed by atoms with Crippen LogP contribution in [-0.4, -0.2) is 45.0 Å². The number of esters is 1. The third-order valence-corrected chi connectivity index (χ3v) is 5.77.